The van der Waals surface area contributed by atoms with Gasteiger partial charge in [-0.15, -0.1) is 0 Å². The number of aromatic nitrogens is 3. The average Bonchev–Trinajstić information content (AvgIpc) is 2.81. The summed E-state index contributed by atoms with van der Waals surface area (Å²) < 4.78 is 2.85. The summed E-state index contributed by atoms with van der Waals surface area (Å²) >= 11 is 3.57. The molecule has 0 bridgehead atoms. The van der Waals surface area contributed by atoms with Crippen LogP contribution in [0.1, 0.15) is 17.4 Å². The molecular formula is C15H15BrN4. The van der Waals surface area contributed by atoms with Crippen molar-refractivity contribution in [3.8, 4) is 0 Å². The van der Waals surface area contributed by atoms with Crippen molar-refractivity contribution in [3.63, 3.8) is 0 Å². The number of nitrogens with one attached hydrogen (secondary N) is 1. The summed E-state index contributed by atoms with van der Waals surface area (Å²) in [4.78, 5) is 4.59. The topological polar surface area (TPSA) is 42.7 Å². The number of rotatable bonds is 3. The van der Waals surface area contributed by atoms with E-state index in [1.165, 1.54) is 5.39 Å². The van der Waals surface area contributed by atoms with Crippen LogP contribution in [0.4, 0.5) is 0 Å². The molecule has 3 rings (SSSR count). The van der Waals surface area contributed by atoms with Crippen molar-refractivity contribution in [2.75, 3.05) is 7.05 Å². The second-order valence-electron chi connectivity index (χ2n) is 4.64. The molecule has 0 aliphatic heterocycles. The molecule has 1 unspecified atom stereocenters. The number of nitrogens with zero attached hydrogens (tertiary/aromatic N) is 3. The number of fused-ring (bicyclic) bond motifs is 1. The molecule has 1 atom stereocenters. The maximum atomic E-state index is 4.59. The molecule has 2 heterocycles. The zero-order valence-corrected chi connectivity index (χ0v) is 12.9. The van der Waals surface area contributed by atoms with Crippen LogP contribution in [0.15, 0.2) is 47.2 Å². The summed E-state index contributed by atoms with van der Waals surface area (Å²) in [6.45, 7) is 0. The van der Waals surface area contributed by atoms with Crippen molar-refractivity contribution in [2.45, 2.75) is 6.04 Å². The Balaban J connectivity index is 2.22. The summed E-state index contributed by atoms with van der Waals surface area (Å²) in [6, 6.07) is 10.3. The Kier molecular flexibility index (Phi) is 3.54. The van der Waals surface area contributed by atoms with E-state index >= 15 is 0 Å². The van der Waals surface area contributed by atoms with Crippen LogP contribution < -0.4 is 5.32 Å². The summed E-state index contributed by atoms with van der Waals surface area (Å²) in [5.74, 6) is 0. The van der Waals surface area contributed by atoms with Crippen LogP contribution in [0.5, 0.6) is 0 Å². The highest BCUT2D eigenvalue weighted by Crippen LogP contribution is 2.30. The van der Waals surface area contributed by atoms with Crippen molar-refractivity contribution in [1.29, 1.82) is 0 Å². The van der Waals surface area contributed by atoms with Gasteiger partial charge in [-0.05, 0) is 34.4 Å². The van der Waals surface area contributed by atoms with Crippen molar-refractivity contribution in [1.82, 2.24) is 20.1 Å². The monoisotopic (exact) mass is 330 g/mol. The highest BCUT2D eigenvalue weighted by Gasteiger charge is 2.22. The average molecular weight is 331 g/mol. The molecule has 102 valence electrons. The van der Waals surface area contributed by atoms with E-state index < -0.39 is 0 Å². The molecular weight excluding hydrogens is 316 g/mol. The molecule has 0 amide bonds. The molecule has 0 radical (unpaired) electrons. The van der Waals surface area contributed by atoms with Gasteiger partial charge in [0.1, 0.15) is 0 Å². The number of benzene rings is 1. The Morgan fingerprint density at radius 3 is 2.75 bits per heavy atom. The van der Waals surface area contributed by atoms with Gasteiger partial charge in [0, 0.05) is 18.6 Å². The van der Waals surface area contributed by atoms with Crippen LogP contribution in [0.3, 0.4) is 0 Å². The van der Waals surface area contributed by atoms with Gasteiger partial charge in [0.2, 0.25) is 0 Å². The Hall–Kier alpha value is -1.72. The van der Waals surface area contributed by atoms with E-state index in [0.29, 0.717) is 0 Å². The van der Waals surface area contributed by atoms with Gasteiger partial charge in [-0.1, -0.05) is 24.3 Å². The van der Waals surface area contributed by atoms with E-state index in [-0.39, 0.29) is 6.04 Å². The van der Waals surface area contributed by atoms with Crippen LogP contribution in [0.2, 0.25) is 0 Å². The minimum atomic E-state index is -0.0111. The largest absolute Gasteiger partial charge is 0.307 e. The van der Waals surface area contributed by atoms with Crippen LogP contribution in [0.25, 0.3) is 10.8 Å². The van der Waals surface area contributed by atoms with Crippen LogP contribution in [-0.2, 0) is 7.05 Å². The third kappa shape index (κ3) is 2.13. The first-order valence-electron chi connectivity index (χ1n) is 6.40. The van der Waals surface area contributed by atoms with Crippen LogP contribution >= 0.6 is 15.9 Å². The number of hydrogen-bond donors (Lipinski definition) is 1. The summed E-state index contributed by atoms with van der Waals surface area (Å²) in [7, 11) is 3.88. The number of pyridine rings is 1. The summed E-state index contributed by atoms with van der Waals surface area (Å²) in [5, 5.41) is 9.98. The quantitative estimate of drug-likeness (QED) is 0.802. The van der Waals surface area contributed by atoms with Crippen molar-refractivity contribution in [2.24, 2.45) is 7.05 Å². The molecule has 0 aliphatic carbocycles. The van der Waals surface area contributed by atoms with E-state index in [0.717, 1.165) is 21.2 Å². The standard InChI is InChI=1S/C15H15BrN4/c1-17-14(15-12(16)9-19-20(15)2)13-11-6-4-3-5-10(11)7-8-18-13/h3-9,14,17H,1-2H3. The van der Waals surface area contributed by atoms with E-state index in [1.54, 1.807) is 0 Å². The van der Waals surface area contributed by atoms with Gasteiger partial charge in [0.05, 0.1) is 28.1 Å². The van der Waals surface area contributed by atoms with E-state index in [2.05, 4.69) is 43.5 Å². The molecule has 4 nitrogen and oxygen atoms in total. The van der Waals surface area contributed by atoms with Crippen LogP contribution in [0, 0.1) is 0 Å². The molecule has 3 aromatic rings. The molecule has 0 spiro atoms. The van der Waals surface area contributed by atoms with Crippen LogP contribution in [-0.4, -0.2) is 21.8 Å². The lowest BCUT2D eigenvalue weighted by Crippen LogP contribution is -2.22. The van der Waals surface area contributed by atoms with E-state index in [9.17, 15) is 0 Å². The predicted octanol–water partition coefficient (Wildman–Crippen LogP) is 3.04. The lowest BCUT2D eigenvalue weighted by atomic mass is 10.0. The molecule has 20 heavy (non-hydrogen) atoms. The van der Waals surface area contributed by atoms with Crippen molar-refractivity contribution < 1.29 is 0 Å². The van der Waals surface area contributed by atoms with Gasteiger partial charge < -0.3 is 5.32 Å². The minimum absolute atomic E-state index is 0.0111. The van der Waals surface area contributed by atoms with Gasteiger partial charge in [0.25, 0.3) is 0 Å². The van der Waals surface area contributed by atoms with Crippen molar-refractivity contribution >= 4 is 26.7 Å². The second kappa shape index (κ2) is 5.34. The predicted molar refractivity (Wildman–Crippen MR) is 83.6 cm³/mol. The summed E-state index contributed by atoms with van der Waals surface area (Å²) in [5.41, 5.74) is 2.08. The highest BCUT2D eigenvalue weighted by atomic mass is 79.9. The third-order valence-electron chi connectivity index (χ3n) is 3.48. The maximum absolute atomic E-state index is 4.59. The molecule has 5 heteroatoms. The molecule has 2 aromatic heterocycles. The number of aryl methyl sites for hydroxylation is 1. The second-order valence-corrected chi connectivity index (χ2v) is 5.49. The Labute approximate surface area is 126 Å². The first-order valence-corrected chi connectivity index (χ1v) is 7.20. The molecule has 1 aromatic carbocycles. The Morgan fingerprint density at radius 2 is 2.05 bits per heavy atom. The van der Waals surface area contributed by atoms with E-state index in [4.69, 9.17) is 0 Å². The first kappa shape index (κ1) is 13.3. The minimum Gasteiger partial charge on any atom is -0.307 e. The lowest BCUT2D eigenvalue weighted by Gasteiger charge is -2.18. The fourth-order valence-corrected chi connectivity index (χ4v) is 3.10. The van der Waals surface area contributed by atoms with Gasteiger partial charge in [-0.25, -0.2) is 0 Å². The normalized spacial score (nSPS) is 12.8. The fourth-order valence-electron chi connectivity index (χ4n) is 2.52. The zero-order valence-electron chi connectivity index (χ0n) is 11.3. The molecule has 0 aliphatic rings. The Morgan fingerprint density at radius 1 is 1.25 bits per heavy atom. The smallest absolute Gasteiger partial charge is 0.0937 e. The lowest BCUT2D eigenvalue weighted by molar-refractivity contribution is 0.596. The third-order valence-corrected chi connectivity index (χ3v) is 4.09. The number of halogens is 1. The highest BCUT2D eigenvalue weighted by molar-refractivity contribution is 9.10. The van der Waals surface area contributed by atoms with Gasteiger partial charge in [-0.2, -0.15) is 5.10 Å². The van der Waals surface area contributed by atoms with Gasteiger partial charge in [-0.3, -0.25) is 9.67 Å². The van der Waals surface area contributed by atoms with Gasteiger partial charge >= 0.3 is 0 Å². The van der Waals surface area contributed by atoms with Crippen molar-refractivity contribution in [3.05, 3.63) is 58.6 Å². The molecule has 0 saturated carbocycles. The maximum Gasteiger partial charge on any atom is 0.0937 e. The Bertz CT molecular complexity index is 726. The molecule has 0 saturated heterocycles. The summed E-state index contributed by atoms with van der Waals surface area (Å²) in [6.07, 6.45) is 3.66. The molecule has 0 fully saturated rings. The zero-order chi connectivity index (χ0) is 14.1. The number of hydrogen-bond acceptors (Lipinski definition) is 3. The first-order chi connectivity index (χ1) is 9.72. The fraction of sp³-hybridized carbons (Fsp3) is 0.200. The van der Waals surface area contributed by atoms with E-state index in [1.807, 2.05) is 49.4 Å². The molecule has 1 N–H and O–H groups in total. The van der Waals surface area contributed by atoms with Gasteiger partial charge in [0.15, 0.2) is 0 Å². The SMILES string of the molecule is CNC(c1nccc2ccccc12)c1c(Br)cnn1C.